The number of carboxylic acids is 1. The molecule has 6 heteroatoms. The Hall–Kier alpha value is -1.43. The van der Waals surface area contributed by atoms with Crippen molar-refractivity contribution in [2.45, 2.75) is 32.7 Å². The van der Waals surface area contributed by atoms with Crippen LogP contribution in [0.1, 0.15) is 43.2 Å². The summed E-state index contributed by atoms with van der Waals surface area (Å²) in [7, 11) is 0. The van der Waals surface area contributed by atoms with Gasteiger partial charge in [0.1, 0.15) is 0 Å². The van der Waals surface area contributed by atoms with Gasteiger partial charge in [0.2, 0.25) is 0 Å². The Balaban J connectivity index is 1.73. The van der Waals surface area contributed by atoms with Crippen LogP contribution in [0.2, 0.25) is 0 Å². The summed E-state index contributed by atoms with van der Waals surface area (Å²) in [5, 5.41) is 16.2. The van der Waals surface area contributed by atoms with E-state index in [9.17, 15) is 4.79 Å². The summed E-state index contributed by atoms with van der Waals surface area (Å²) in [4.78, 5) is 13.1. The van der Waals surface area contributed by atoms with E-state index in [1.165, 1.54) is 19.0 Å². The van der Waals surface area contributed by atoms with E-state index in [-0.39, 0.29) is 11.7 Å². The van der Waals surface area contributed by atoms with Gasteiger partial charge in [0.15, 0.2) is 5.69 Å². The average Bonchev–Trinajstić information content (AvgIpc) is 2.69. The van der Waals surface area contributed by atoms with E-state index in [2.05, 4.69) is 29.1 Å². The standard InChI is InChI=1S/C12H20N4O2/c1-9(2)4-3-5-15-6-10(7-15)16-8-11(12(17)18)13-14-16/h8-10H,3-7H2,1-2H3,(H,17,18). The zero-order valence-electron chi connectivity index (χ0n) is 10.9. The van der Waals surface area contributed by atoms with Gasteiger partial charge in [-0.2, -0.15) is 0 Å². The molecule has 0 radical (unpaired) electrons. The lowest BCUT2D eigenvalue weighted by Gasteiger charge is -2.38. The second-order valence-corrected chi connectivity index (χ2v) is 5.34. The summed E-state index contributed by atoms with van der Waals surface area (Å²) in [6.45, 7) is 7.49. The second-order valence-electron chi connectivity index (χ2n) is 5.34. The van der Waals surface area contributed by atoms with Gasteiger partial charge in [0.25, 0.3) is 0 Å². The lowest BCUT2D eigenvalue weighted by Crippen LogP contribution is -2.48. The molecule has 0 aliphatic carbocycles. The molecule has 18 heavy (non-hydrogen) atoms. The minimum Gasteiger partial charge on any atom is -0.476 e. The highest BCUT2D eigenvalue weighted by molar-refractivity contribution is 5.84. The zero-order valence-corrected chi connectivity index (χ0v) is 10.9. The van der Waals surface area contributed by atoms with Gasteiger partial charge in [-0.25, -0.2) is 9.48 Å². The quantitative estimate of drug-likeness (QED) is 0.825. The van der Waals surface area contributed by atoms with Crippen molar-refractivity contribution in [1.29, 1.82) is 0 Å². The molecule has 0 spiro atoms. The Morgan fingerprint density at radius 2 is 2.28 bits per heavy atom. The molecule has 1 saturated heterocycles. The molecular formula is C12H20N4O2. The smallest absolute Gasteiger partial charge is 0.358 e. The predicted molar refractivity (Wildman–Crippen MR) is 66.5 cm³/mol. The lowest BCUT2D eigenvalue weighted by molar-refractivity contribution is 0.0690. The molecule has 1 aliphatic rings. The van der Waals surface area contributed by atoms with Crippen LogP contribution < -0.4 is 0 Å². The minimum absolute atomic E-state index is 0.0215. The summed E-state index contributed by atoms with van der Waals surface area (Å²) in [6, 6.07) is 0.282. The molecule has 1 aromatic rings. The molecule has 0 atom stereocenters. The first kappa shape index (κ1) is 13.0. The molecule has 100 valence electrons. The van der Waals surface area contributed by atoms with Gasteiger partial charge in [0.05, 0.1) is 12.2 Å². The first-order valence-corrected chi connectivity index (χ1v) is 6.43. The minimum atomic E-state index is -1.02. The van der Waals surface area contributed by atoms with Crippen LogP contribution in [0.3, 0.4) is 0 Å². The van der Waals surface area contributed by atoms with Crippen molar-refractivity contribution in [3.05, 3.63) is 11.9 Å². The molecule has 0 aromatic carbocycles. The van der Waals surface area contributed by atoms with Gasteiger partial charge < -0.3 is 5.11 Å². The van der Waals surface area contributed by atoms with Crippen LogP contribution in [0, 0.1) is 5.92 Å². The molecule has 1 fully saturated rings. The molecule has 2 heterocycles. The number of aromatic carboxylic acids is 1. The van der Waals surface area contributed by atoms with Gasteiger partial charge in [-0.05, 0) is 25.3 Å². The highest BCUT2D eigenvalue weighted by atomic mass is 16.4. The van der Waals surface area contributed by atoms with Crippen molar-refractivity contribution < 1.29 is 9.90 Å². The van der Waals surface area contributed by atoms with Crippen LogP contribution in [-0.4, -0.2) is 50.6 Å². The third-order valence-electron chi connectivity index (χ3n) is 3.30. The summed E-state index contributed by atoms with van der Waals surface area (Å²) in [5.41, 5.74) is 0.0215. The van der Waals surface area contributed by atoms with Crippen LogP contribution in [0.5, 0.6) is 0 Å². The Morgan fingerprint density at radius 3 is 2.83 bits per heavy atom. The molecule has 6 nitrogen and oxygen atoms in total. The molecule has 0 amide bonds. The molecule has 0 saturated carbocycles. The summed E-state index contributed by atoms with van der Waals surface area (Å²) < 4.78 is 1.67. The van der Waals surface area contributed by atoms with E-state index < -0.39 is 5.97 Å². The van der Waals surface area contributed by atoms with Crippen LogP contribution in [-0.2, 0) is 0 Å². The zero-order chi connectivity index (χ0) is 13.1. The summed E-state index contributed by atoms with van der Waals surface area (Å²) in [5.74, 6) is -0.259. The Bertz CT molecular complexity index is 410. The van der Waals surface area contributed by atoms with Crippen LogP contribution >= 0.6 is 0 Å². The van der Waals surface area contributed by atoms with Crippen molar-refractivity contribution in [3.8, 4) is 0 Å². The van der Waals surface area contributed by atoms with Crippen LogP contribution in [0.15, 0.2) is 6.20 Å². The molecule has 0 unspecified atom stereocenters. The fourth-order valence-electron chi connectivity index (χ4n) is 2.17. The maximum absolute atomic E-state index is 10.7. The monoisotopic (exact) mass is 252 g/mol. The fourth-order valence-corrected chi connectivity index (χ4v) is 2.17. The van der Waals surface area contributed by atoms with Crippen molar-refractivity contribution >= 4 is 5.97 Å². The van der Waals surface area contributed by atoms with E-state index in [0.717, 1.165) is 25.6 Å². The van der Waals surface area contributed by atoms with Crippen molar-refractivity contribution in [2.75, 3.05) is 19.6 Å². The van der Waals surface area contributed by atoms with E-state index in [1.54, 1.807) is 4.68 Å². The molecule has 1 aromatic heterocycles. The molecular weight excluding hydrogens is 232 g/mol. The largest absolute Gasteiger partial charge is 0.476 e. The summed E-state index contributed by atoms with van der Waals surface area (Å²) >= 11 is 0. The number of nitrogens with zero attached hydrogens (tertiary/aromatic N) is 4. The van der Waals surface area contributed by atoms with Gasteiger partial charge in [-0.1, -0.05) is 19.1 Å². The third kappa shape index (κ3) is 3.07. The normalized spacial score (nSPS) is 17.1. The van der Waals surface area contributed by atoms with E-state index in [1.807, 2.05) is 0 Å². The number of rotatable bonds is 6. The van der Waals surface area contributed by atoms with Gasteiger partial charge in [-0.15, -0.1) is 5.10 Å². The van der Waals surface area contributed by atoms with E-state index >= 15 is 0 Å². The van der Waals surface area contributed by atoms with Crippen molar-refractivity contribution in [1.82, 2.24) is 19.9 Å². The Morgan fingerprint density at radius 1 is 1.56 bits per heavy atom. The van der Waals surface area contributed by atoms with Crippen LogP contribution in [0.4, 0.5) is 0 Å². The second kappa shape index (κ2) is 5.48. The maximum atomic E-state index is 10.7. The lowest BCUT2D eigenvalue weighted by atomic mass is 10.1. The molecule has 2 rings (SSSR count). The summed E-state index contributed by atoms with van der Waals surface area (Å²) in [6.07, 6.45) is 3.99. The number of aromatic nitrogens is 3. The highest BCUT2D eigenvalue weighted by Crippen LogP contribution is 2.21. The van der Waals surface area contributed by atoms with Crippen molar-refractivity contribution in [2.24, 2.45) is 5.92 Å². The number of likely N-dealkylation sites (tertiary alicyclic amines) is 1. The van der Waals surface area contributed by atoms with Gasteiger partial charge >= 0.3 is 5.97 Å². The topological polar surface area (TPSA) is 71.2 Å². The Labute approximate surface area is 107 Å². The fraction of sp³-hybridized carbons (Fsp3) is 0.750. The predicted octanol–water partition coefficient (Wildman–Crippen LogP) is 1.27. The number of hydrogen-bond donors (Lipinski definition) is 1. The van der Waals surface area contributed by atoms with Crippen LogP contribution in [0.25, 0.3) is 0 Å². The first-order chi connectivity index (χ1) is 8.56. The number of carbonyl (C=O) groups is 1. The van der Waals surface area contributed by atoms with Gasteiger partial charge in [-0.3, -0.25) is 4.90 Å². The van der Waals surface area contributed by atoms with Crippen molar-refractivity contribution in [3.63, 3.8) is 0 Å². The average molecular weight is 252 g/mol. The third-order valence-corrected chi connectivity index (χ3v) is 3.30. The molecule has 1 aliphatic heterocycles. The number of hydrogen-bond acceptors (Lipinski definition) is 4. The first-order valence-electron chi connectivity index (χ1n) is 6.43. The maximum Gasteiger partial charge on any atom is 0.358 e. The molecule has 1 N–H and O–H groups in total. The SMILES string of the molecule is CC(C)CCCN1CC(n2cc(C(=O)O)nn2)C1. The van der Waals surface area contributed by atoms with E-state index in [4.69, 9.17) is 5.11 Å². The molecule has 0 bridgehead atoms. The number of carboxylic acid groups (broad SMARTS) is 1. The Kier molecular flexibility index (Phi) is 3.96. The highest BCUT2D eigenvalue weighted by Gasteiger charge is 2.29. The van der Waals surface area contributed by atoms with Gasteiger partial charge in [0, 0.05) is 13.1 Å². The van der Waals surface area contributed by atoms with E-state index in [0.29, 0.717) is 0 Å².